The number of carboxylic acid groups (broad SMARTS) is 1. The molecule has 1 aromatic heterocycles. The number of aromatic amines is 1. The number of aromatic nitrogens is 3. The van der Waals surface area contributed by atoms with Gasteiger partial charge in [0.2, 0.25) is 5.62 Å². The molecule has 0 saturated carbocycles. The molecule has 0 radical (unpaired) electrons. The maximum absolute atomic E-state index is 13.3. The summed E-state index contributed by atoms with van der Waals surface area (Å²) in [5.41, 5.74) is -0.0563. The van der Waals surface area contributed by atoms with Crippen LogP contribution in [0.3, 0.4) is 0 Å². The van der Waals surface area contributed by atoms with E-state index in [2.05, 4.69) is 9.98 Å². The number of ether oxygens (including phenoxy) is 1. The van der Waals surface area contributed by atoms with Crippen molar-refractivity contribution in [2.24, 2.45) is 10.9 Å². The molecule has 0 aliphatic heterocycles. The van der Waals surface area contributed by atoms with Crippen LogP contribution < -0.4 is 21.7 Å². The number of nitrogens with zero attached hydrogens (tertiary/aromatic N) is 3. The maximum Gasteiger partial charge on any atom is 0.335 e. The molecule has 0 amide bonds. The third-order valence-electron chi connectivity index (χ3n) is 5.22. The van der Waals surface area contributed by atoms with Crippen LogP contribution in [-0.4, -0.2) is 31.8 Å². The minimum atomic E-state index is -1.07. The zero-order valence-electron chi connectivity index (χ0n) is 19.0. The van der Waals surface area contributed by atoms with Gasteiger partial charge < -0.3 is 9.84 Å². The first-order valence-corrected chi connectivity index (χ1v) is 11.4. The number of nitrogens with one attached hydrogen (secondary N) is 1. The molecule has 0 aliphatic rings. The van der Waals surface area contributed by atoms with Crippen molar-refractivity contribution >= 4 is 23.3 Å². The second-order valence-electron chi connectivity index (χ2n) is 7.76. The van der Waals surface area contributed by atoms with Crippen LogP contribution >= 0.6 is 11.6 Å². The number of hydrogen-bond acceptors (Lipinski definition) is 5. The SMILES string of the molecule is CCCOc1ccc(/N=c2\[nH]c(=O)n(C[C@@H](CC)C(=O)O)c(=O)n2Cc2ccc(Cl)cc2)cc1. The van der Waals surface area contributed by atoms with Crippen LogP contribution in [0.1, 0.15) is 32.3 Å². The highest BCUT2D eigenvalue weighted by Crippen LogP contribution is 2.17. The summed E-state index contributed by atoms with van der Waals surface area (Å²) >= 11 is 5.97. The number of halogens is 1. The standard InChI is InChI=1S/C24H27ClN4O5/c1-3-13-34-20-11-9-19(10-12-20)26-22-27-23(32)29(15-17(4-2)21(30)31)24(33)28(22)14-16-5-7-18(25)8-6-16/h5-12,17H,3-4,13-15H2,1-2H3,(H,30,31)(H,26,27,32)/t17-/m1/s1. The molecule has 0 spiro atoms. The zero-order valence-corrected chi connectivity index (χ0v) is 19.8. The van der Waals surface area contributed by atoms with Crippen molar-refractivity contribution in [3.8, 4) is 5.75 Å². The molecule has 2 N–H and O–H groups in total. The first-order chi connectivity index (χ1) is 16.3. The third kappa shape index (κ3) is 6.26. The molecule has 2 aromatic carbocycles. The maximum atomic E-state index is 13.3. The van der Waals surface area contributed by atoms with Gasteiger partial charge in [-0.1, -0.05) is 37.6 Å². The topological polar surface area (TPSA) is 119 Å². The lowest BCUT2D eigenvalue weighted by molar-refractivity contribution is -0.142. The Morgan fingerprint density at radius 2 is 1.76 bits per heavy atom. The number of carboxylic acids is 1. The Morgan fingerprint density at radius 3 is 2.35 bits per heavy atom. The summed E-state index contributed by atoms with van der Waals surface area (Å²) in [6.45, 7) is 4.16. The fourth-order valence-corrected chi connectivity index (χ4v) is 3.41. The first kappa shape index (κ1) is 25.0. The average Bonchev–Trinajstić information content (AvgIpc) is 2.82. The predicted molar refractivity (Wildman–Crippen MR) is 129 cm³/mol. The van der Waals surface area contributed by atoms with Crippen molar-refractivity contribution in [1.29, 1.82) is 0 Å². The van der Waals surface area contributed by atoms with E-state index in [-0.39, 0.29) is 25.1 Å². The molecule has 9 nitrogen and oxygen atoms in total. The van der Waals surface area contributed by atoms with Crippen LogP contribution in [0.4, 0.5) is 5.69 Å². The minimum Gasteiger partial charge on any atom is -0.494 e. The lowest BCUT2D eigenvalue weighted by Gasteiger charge is -2.14. The highest BCUT2D eigenvalue weighted by atomic mass is 35.5. The van der Waals surface area contributed by atoms with Crippen molar-refractivity contribution in [1.82, 2.24) is 14.1 Å². The molecular weight excluding hydrogens is 460 g/mol. The van der Waals surface area contributed by atoms with Crippen LogP contribution in [-0.2, 0) is 17.9 Å². The average molecular weight is 487 g/mol. The van der Waals surface area contributed by atoms with E-state index in [0.717, 1.165) is 16.6 Å². The van der Waals surface area contributed by atoms with E-state index in [1.54, 1.807) is 55.5 Å². The van der Waals surface area contributed by atoms with Gasteiger partial charge in [0.1, 0.15) is 5.75 Å². The molecule has 0 bridgehead atoms. The molecule has 0 saturated heterocycles. The second-order valence-corrected chi connectivity index (χ2v) is 8.19. The fourth-order valence-electron chi connectivity index (χ4n) is 3.28. The van der Waals surface area contributed by atoms with Crippen molar-refractivity contribution in [2.75, 3.05) is 6.61 Å². The molecule has 0 fully saturated rings. The number of hydrogen-bond donors (Lipinski definition) is 2. The normalized spacial score (nSPS) is 12.5. The van der Waals surface area contributed by atoms with Gasteiger partial charge in [-0.3, -0.25) is 14.3 Å². The Balaban J connectivity index is 2.11. The summed E-state index contributed by atoms with van der Waals surface area (Å²) in [4.78, 5) is 44.7. The molecule has 3 rings (SSSR count). The summed E-state index contributed by atoms with van der Waals surface area (Å²) < 4.78 is 7.78. The molecule has 0 unspecified atom stereocenters. The zero-order chi connectivity index (χ0) is 24.7. The van der Waals surface area contributed by atoms with Gasteiger partial charge in [0.15, 0.2) is 0 Å². The van der Waals surface area contributed by atoms with Gasteiger partial charge in [-0.05, 0) is 54.8 Å². The monoisotopic (exact) mass is 486 g/mol. The second kappa shape index (κ2) is 11.5. The summed E-state index contributed by atoms with van der Waals surface area (Å²) in [5.74, 6) is -1.25. The molecule has 180 valence electrons. The Kier molecular flexibility index (Phi) is 8.48. The summed E-state index contributed by atoms with van der Waals surface area (Å²) in [7, 11) is 0. The molecule has 34 heavy (non-hydrogen) atoms. The van der Waals surface area contributed by atoms with E-state index in [1.807, 2.05) is 6.92 Å². The Labute approximate surface area is 200 Å². The lowest BCUT2D eigenvalue weighted by Crippen LogP contribution is -2.51. The highest BCUT2D eigenvalue weighted by Gasteiger charge is 2.19. The number of benzene rings is 2. The number of carbonyl (C=O) groups is 1. The molecule has 1 heterocycles. The van der Waals surface area contributed by atoms with Crippen LogP contribution in [0.5, 0.6) is 5.75 Å². The van der Waals surface area contributed by atoms with Gasteiger partial charge in [0, 0.05) is 11.6 Å². The summed E-state index contributed by atoms with van der Waals surface area (Å²) in [6, 6.07) is 13.9. The van der Waals surface area contributed by atoms with Crippen molar-refractivity contribution in [2.45, 2.75) is 39.8 Å². The van der Waals surface area contributed by atoms with E-state index in [4.69, 9.17) is 16.3 Å². The van der Waals surface area contributed by atoms with E-state index >= 15 is 0 Å². The molecule has 0 aliphatic carbocycles. The summed E-state index contributed by atoms with van der Waals surface area (Å²) in [6.07, 6.45) is 1.16. The summed E-state index contributed by atoms with van der Waals surface area (Å²) in [5, 5.41) is 9.95. The number of rotatable bonds is 10. The van der Waals surface area contributed by atoms with Crippen LogP contribution in [0.25, 0.3) is 0 Å². The van der Waals surface area contributed by atoms with E-state index in [9.17, 15) is 19.5 Å². The van der Waals surface area contributed by atoms with Crippen LogP contribution in [0, 0.1) is 5.92 Å². The fraction of sp³-hybridized carbons (Fsp3) is 0.333. The predicted octanol–water partition coefficient (Wildman–Crippen LogP) is 3.17. The Bertz CT molecular complexity index is 1310. The van der Waals surface area contributed by atoms with Gasteiger partial charge >= 0.3 is 17.3 Å². The van der Waals surface area contributed by atoms with Crippen LogP contribution in [0.2, 0.25) is 5.02 Å². The van der Waals surface area contributed by atoms with Gasteiger partial charge in [-0.15, -0.1) is 0 Å². The van der Waals surface area contributed by atoms with Crippen molar-refractivity contribution < 1.29 is 14.6 Å². The molecule has 1 atom stereocenters. The molecule has 10 heteroatoms. The quantitative estimate of drug-likeness (QED) is 0.456. The number of aliphatic carboxylic acids is 1. The van der Waals surface area contributed by atoms with Crippen LogP contribution in [0.15, 0.2) is 63.1 Å². The van der Waals surface area contributed by atoms with Gasteiger partial charge in [-0.2, -0.15) is 0 Å². The highest BCUT2D eigenvalue weighted by molar-refractivity contribution is 6.30. The lowest BCUT2D eigenvalue weighted by atomic mass is 10.1. The van der Waals surface area contributed by atoms with Gasteiger partial charge in [0.25, 0.3) is 0 Å². The molecule has 3 aromatic rings. The largest absolute Gasteiger partial charge is 0.494 e. The molecular formula is C24H27ClN4O5. The Hall–Kier alpha value is -3.59. The van der Waals surface area contributed by atoms with Crippen molar-refractivity contribution in [3.05, 3.63) is 85.7 Å². The van der Waals surface area contributed by atoms with Gasteiger partial charge in [-0.25, -0.2) is 19.1 Å². The Morgan fingerprint density at radius 1 is 1.09 bits per heavy atom. The first-order valence-electron chi connectivity index (χ1n) is 11.0. The minimum absolute atomic E-state index is 0.0480. The van der Waals surface area contributed by atoms with Gasteiger partial charge in [0.05, 0.1) is 24.8 Å². The smallest absolute Gasteiger partial charge is 0.335 e. The van der Waals surface area contributed by atoms with Crippen molar-refractivity contribution in [3.63, 3.8) is 0 Å². The number of H-pyrrole nitrogens is 1. The van der Waals surface area contributed by atoms with E-state index in [0.29, 0.717) is 23.1 Å². The van der Waals surface area contributed by atoms with E-state index < -0.39 is 23.3 Å². The van der Waals surface area contributed by atoms with E-state index in [1.165, 1.54) is 4.57 Å². The third-order valence-corrected chi connectivity index (χ3v) is 5.48.